The fraction of sp³-hybridized carbons (Fsp3) is 0.897. The van der Waals surface area contributed by atoms with Gasteiger partial charge < -0.3 is 0 Å². The first kappa shape index (κ1) is 38.5. The molecule has 0 aliphatic rings. The van der Waals surface area contributed by atoms with Crippen molar-refractivity contribution in [3.8, 4) is 0 Å². The zero-order chi connectivity index (χ0) is 28.3. The molecule has 0 heteroatoms. The van der Waals surface area contributed by atoms with Crippen LogP contribution in [-0.2, 0) is 0 Å². The average Bonchev–Trinajstić information content (AvgIpc) is 2.94. The Labute approximate surface area is 249 Å². The summed E-state index contributed by atoms with van der Waals surface area (Å²) in [5.74, 6) is 0.949. The fourth-order valence-corrected chi connectivity index (χ4v) is 5.80. The van der Waals surface area contributed by atoms with Gasteiger partial charge in [-0.25, -0.2) is 0 Å². The van der Waals surface area contributed by atoms with Crippen LogP contribution in [0.25, 0.3) is 0 Å². The Kier molecular flexibility index (Phi) is 35.0. The van der Waals surface area contributed by atoms with Crippen LogP contribution in [-0.4, -0.2) is 0 Å². The van der Waals surface area contributed by atoms with E-state index in [2.05, 4.69) is 45.1 Å². The van der Waals surface area contributed by atoms with E-state index >= 15 is 0 Å². The lowest BCUT2D eigenvalue weighted by molar-refractivity contribution is 0.431. The molecule has 0 aromatic rings. The lowest BCUT2D eigenvalue weighted by atomic mass is 9.95. The highest BCUT2D eigenvalue weighted by molar-refractivity contribution is 4.82. The zero-order valence-corrected chi connectivity index (χ0v) is 27.8. The number of allylic oxidation sites excluding steroid dienone is 4. The summed E-state index contributed by atoms with van der Waals surface area (Å²) in [6.45, 7) is 7.09. The molecule has 0 bridgehead atoms. The first-order valence-corrected chi connectivity index (χ1v) is 18.6. The highest BCUT2D eigenvalue weighted by Crippen LogP contribution is 2.19. The van der Waals surface area contributed by atoms with Crippen LogP contribution in [0.3, 0.4) is 0 Å². The summed E-state index contributed by atoms with van der Waals surface area (Å²) in [6, 6.07) is 0. The van der Waals surface area contributed by atoms with E-state index in [0.717, 1.165) is 5.92 Å². The molecule has 0 amide bonds. The summed E-state index contributed by atoms with van der Waals surface area (Å²) in [5, 5.41) is 0. The van der Waals surface area contributed by atoms with E-state index in [1.807, 2.05) is 0 Å². The molecule has 39 heavy (non-hydrogen) atoms. The quantitative estimate of drug-likeness (QED) is 0.0569. The van der Waals surface area contributed by atoms with Gasteiger partial charge in [-0.15, -0.1) is 0 Å². The molecule has 0 aromatic heterocycles. The van der Waals surface area contributed by atoms with Gasteiger partial charge in [0, 0.05) is 0 Å². The molecule has 0 radical (unpaired) electrons. The molecule has 0 aromatic carbocycles. The Morgan fingerprint density at radius 3 is 0.821 bits per heavy atom. The van der Waals surface area contributed by atoms with Gasteiger partial charge >= 0.3 is 0 Å². The first-order chi connectivity index (χ1) is 19.3. The smallest absolute Gasteiger partial charge is 0.0351 e. The van der Waals surface area contributed by atoms with E-state index in [-0.39, 0.29) is 0 Å². The lowest BCUT2D eigenvalue weighted by Gasteiger charge is -2.11. The van der Waals surface area contributed by atoms with Gasteiger partial charge in [-0.3, -0.25) is 0 Å². The molecule has 1 atom stereocenters. The Balaban J connectivity index is 3.22. The maximum absolute atomic E-state index is 2.50. The molecule has 0 nitrogen and oxygen atoms in total. The highest BCUT2D eigenvalue weighted by atomic mass is 14.1. The third-order valence-corrected chi connectivity index (χ3v) is 8.67. The highest BCUT2D eigenvalue weighted by Gasteiger charge is 2.02. The molecular formula is C39H76. The minimum Gasteiger partial charge on any atom is -0.0885 e. The van der Waals surface area contributed by atoms with Crippen LogP contribution in [0.5, 0.6) is 0 Å². The Morgan fingerprint density at radius 1 is 0.308 bits per heavy atom. The van der Waals surface area contributed by atoms with E-state index in [1.54, 1.807) is 0 Å². The fourth-order valence-electron chi connectivity index (χ4n) is 5.80. The molecule has 0 N–H and O–H groups in total. The monoisotopic (exact) mass is 545 g/mol. The lowest BCUT2D eigenvalue weighted by Crippen LogP contribution is -1.95. The van der Waals surface area contributed by atoms with Crippen molar-refractivity contribution in [1.29, 1.82) is 0 Å². The number of rotatable bonds is 33. The molecule has 0 rings (SSSR count). The molecule has 0 spiro atoms. The second-order valence-corrected chi connectivity index (χ2v) is 12.9. The van der Waals surface area contributed by atoms with E-state index in [9.17, 15) is 0 Å². The van der Waals surface area contributed by atoms with Crippen molar-refractivity contribution in [3.05, 3.63) is 24.3 Å². The van der Waals surface area contributed by atoms with Crippen LogP contribution in [0, 0.1) is 5.92 Å². The van der Waals surface area contributed by atoms with Gasteiger partial charge in [0.1, 0.15) is 0 Å². The molecule has 0 saturated carbocycles. The molecule has 0 aliphatic heterocycles. The third-order valence-electron chi connectivity index (χ3n) is 8.67. The van der Waals surface area contributed by atoms with Crippen LogP contribution in [0.15, 0.2) is 24.3 Å². The van der Waals surface area contributed by atoms with Crippen LogP contribution >= 0.6 is 0 Å². The first-order valence-electron chi connectivity index (χ1n) is 18.6. The van der Waals surface area contributed by atoms with Crippen LogP contribution in [0.1, 0.15) is 220 Å². The third kappa shape index (κ3) is 35.5. The average molecular weight is 545 g/mol. The van der Waals surface area contributed by atoms with E-state index in [1.165, 1.54) is 199 Å². The minimum absolute atomic E-state index is 0.949. The number of unbranched alkanes of at least 4 members (excludes halogenated alkanes) is 25. The van der Waals surface area contributed by atoms with Crippen LogP contribution in [0.2, 0.25) is 0 Å². The summed E-state index contributed by atoms with van der Waals surface area (Å²) in [5.41, 5.74) is 0. The maximum atomic E-state index is 2.50. The minimum atomic E-state index is 0.949. The van der Waals surface area contributed by atoms with Crippen molar-refractivity contribution < 1.29 is 0 Å². The summed E-state index contributed by atoms with van der Waals surface area (Å²) in [4.78, 5) is 0. The molecule has 1 unspecified atom stereocenters. The van der Waals surface area contributed by atoms with Crippen molar-refractivity contribution in [2.24, 2.45) is 5.92 Å². The Hall–Kier alpha value is -0.520. The normalized spacial score (nSPS) is 12.8. The topological polar surface area (TPSA) is 0 Å². The van der Waals surface area contributed by atoms with E-state index in [0.29, 0.717) is 0 Å². The molecular weight excluding hydrogens is 468 g/mol. The maximum Gasteiger partial charge on any atom is -0.0351 e. The van der Waals surface area contributed by atoms with Gasteiger partial charge in [0.2, 0.25) is 0 Å². The molecule has 0 fully saturated rings. The summed E-state index contributed by atoms with van der Waals surface area (Å²) in [7, 11) is 0. The SMILES string of the molecule is CCCCCCCC/C=C\CCCCCCCCCC(C)CCCCCCCC/C=C\CCCCCCCC. The van der Waals surface area contributed by atoms with Gasteiger partial charge in [-0.2, -0.15) is 0 Å². The van der Waals surface area contributed by atoms with Crippen LogP contribution < -0.4 is 0 Å². The van der Waals surface area contributed by atoms with Crippen molar-refractivity contribution in [2.45, 2.75) is 220 Å². The number of hydrogen-bond acceptors (Lipinski definition) is 0. The number of hydrogen-bond donors (Lipinski definition) is 0. The molecule has 0 heterocycles. The van der Waals surface area contributed by atoms with Gasteiger partial charge in [-0.1, -0.05) is 193 Å². The van der Waals surface area contributed by atoms with Gasteiger partial charge in [-0.05, 0) is 57.3 Å². The second kappa shape index (κ2) is 35.5. The second-order valence-electron chi connectivity index (χ2n) is 12.9. The summed E-state index contributed by atoms with van der Waals surface area (Å²) in [6.07, 6.45) is 53.8. The molecule has 0 aliphatic carbocycles. The summed E-state index contributed by atoms with van der Waals surface area (Å²) >= 11 is 0. The van der Waals surface area contributed by atoms with Crippen LogP contribution in [0.4, 0.5) is 0 Å². The molecule has 0 saturated heterocycles. The Morgan fingerprint density at radius 2 is 0.538 bits per heavy atom. The zero-order valence-electron chi connectivity index (χ0n) is 27.8. The van der Waals surface area contributed by atoms with Crippen molar-refractivity contribution >= 4 is 0 Å². The van der Waals surface area contributed by atoms with Gasteiger partial charge in [0.05, 0.1) is 0 Å². The van der Waals surface area contributed by atoms with Crippen molar-refractivity contribution in [3.63, 3.8) is 0 Å². The van der Waals surface area contributed by atoms with Gasteiger partial charge in [0.15, 0.2) is 0 Å². The predicted octanol–water partition coefficient (Wildman–Crippen LogP) is 14.9. The standard InChI is InChI=1S/C39H76/c1-4-6-8-10-12-14-16-18-20-22-24-26-28-30-32-34-36-38-39(3)37-35-33-31-29-27-25-23-21-19-17-15-13-11-9-7-5-2/h18-21,39H,4-17,22-38H2,1-3H3/b20-18-,21-19-. The van der Waals surface area contributed by atoms with Crippen molar-refractivity contribution in [2.75, 3.05) is 0 Å². The molecule has 232 valence electrons. The largest absolute Gasteiger partial charge is 0.0885 e. The van der Waals surface area contributed by atoms with E-state index in [4.69, 9.17) is 0 Å². The summed E-state index contributed by atoms with van der Waals surface area (Å²) < 4.78 is 0. The van der Waals surface area contributed by atoms with Crippen molar-refractivity contribution in [1.82, 2.24) is 0 Å². The Bertz CT molecular complexity index is 472. The predicted molar refractivity (Wildman–Crippen MR) is 182 cm³/mol. The van der Waals surface area contributed by atoms with E-state index < -0.39 is 0 Å². The van der Waals surface area contributed by atoms with Gasteiger partial charge in [0.25, 0.3) is 0 Å².